The van der Waals surface area contributed by atoms with Crippen molar-refractivity contribution in [2.75, 3.05) is 0 Å². The highest BCUT2D eigenvalue weighted by molar-refractivity contribution is 5.28. The van der Waals surface area contributed by atoms with Gasteiger partial charge in [0.1, 0.15) is 5.75 Å². The second-order valence-electron chi connectivity index (χ2n) is 5.21. The zero-order valence-corrected chi connectivity index (χ0v) is 12.7. The third-order valence-corrected chi connectivity index (χ3v) is 3.27. The highest BCUT2D eigenvalue weighted by Gasteiger charge is 2.29. The summed E-state index contributed by atoms with van der Waals surface area (Å²) >= 11 is 0. The molecule has 1 heterocycles. The van der Waals surface area contributed by atoms with E-state index in [4.69, 9.17) is 4.74 Å². The topological polar surface area (TPSA) is 52.8 Å². The molecule has 1 aromatic heterocycles. The summed E-state index contributed by atoms with van der Waals surface area (Å²) in [6, 6.07) is 12.2. The van der Waals surface area contributed by atoms with Gasteiger partial charge in [-0.2, -0.15) is 18.0 Å². The van der Waals surface area contributed by atoms with Crippen LogP contribution in [0.25, 0.3) is 0 Å². The van der Waals surface area contributed by atoms with Crippen molar-refractivity contribution in [1.82, 2.24) is 20.2 Å². The highest BCUT2D eigenvalue weighted by Crippen LogP contribution is 2.29. The summed E-state index contributed by atoms with van der Waals surface area (Å²) in [6.45, 7) is 2.16. The van der Waals surface area contributed by atoms with Crippen LogP contribution in [0.15, 0.2) is 48.5 Å². The molecular formula is C16H13F3N4O. The molecule has 0 amide bonds. The number of tetrazole rings is 1. The van der Waals surface area contributed by atoms with Gasteiger partial charge in [0.15, 0.2) is 0 Å². The lowest BCUT2D eigenvalue weighted by Gasteiger charge is -2.07. The first-order valence-corrected chi connectivity index (χ1v) is 7.08. The van der Waals surface area contributed by atoms with Gasteiger partial charge in [-0.05, 0) is 42.0 Å². The summed E-state index contributed by atoms with van der Waals surface area (Å²) in [6.07, 6.45) is -4.35. The van der Waals surface area contributed by atoms with E-state index >= 15 is 0 Å². The van der Waals surface area contributed by atoms with E-state index in [-0.39, 0.29) is 12.6 Å². The first-order valence-electron chi connectivity index (χ1n) is 7.08. The summed E-state index contributed by atoms with van der Waals surface area (Å²) in [7, 11) is 0. The SMILES string of the molecule is Cc1ccc(Oc2nnn(Cc3ccc(C(F)(F)F)cc3)n2)cc1. The van der Waals surface area contributed by atoms with Gasteiger partial charge in [-0.1, -0.05) is 40.0 Å². The number of benzene rings is 2. The maximum atomic E-state index is 12.5. The molecule has 0 atom stereocenters. The van der Waals surface area contributed by atoms with Crippen LogP contribution in [-0.2, 0) is 12.7 Å². The molecule has 0 saturated carbocycles. The molecule has 124 valence electrons. The minimum absolute atomic E-state index is 0.0748. The van der Waals surface area contributed by atoms with Gasteiger partial charge in [0, 0.05) is 0 Å². The Morgan fingerprint density at radius 3 is 2.29 bits per heavy atom. The van der Waals surface area contributed by atoms with E-state index in [1.54, 1.807) is 12.1 Å². The first kappa shape index (κ1) is 16.0. The fourth-order valence-corrected chi connectivity index (χ4v) is 2.01. The Morgan fingerprint density at radius 2 is 1.67 bits per heavy atom. The van der Waals surface area contributed by atoms with E-state index in [1.165, 1.54) is 16.9 Å². The van der Waals surface area contributed by atoms with Crippen LogP contribution in [0.5, 0.6) is 11.8 Å². The molecule has 0 fully saturated rings. The summed E-state index contributed by atoms with van der Waals surface area (Å²) in [4.78, 5) is 1.26. The van der Waals surface area contributed by atoms with E-state index in [0.29, 0.717) is 11.3 Å². The highest BCUT2D eigenvalue weighted by atomic mass is 19.4. The minimum atomic E-state index is -4.35. The van der Waals surface area contributed by atoms with Gasteiger partial charge in [-0.3, -0.25) is 0 Å². The fraction of sp³-hybridized carbons (Fsp3) is 0.188. The number of hydrogen-bond acceptors (Lipinski definition) is 4. The van der Waals surface area contributed by atoms with Crippen molar-refractivity contribution >= 4 is 0 Å². The van der Waals surface area contributed by atoms with Crippen molar-refractivity contribution < 1.29 is 17.9 Å². The zero-order valence-electron chi connectivity index (χ0n) is 12.7. The Hall–Kier alpha value is -2.90. The second-order valence-corrected chi connectivity index (χ2v) is 5.21. The molecule has 8 heteroatoms. The number of ether oxygens (including phenoxy) is 1. The minimum Gasteiger partial charge on any atom is -0.422 e. The van der Waals surface area contributed by atoms with E-state index < -0.39 is 11.7 Å². The molecule has 3 aromatic rings. The van der Waals surface area contributed by atoms with Crippen LogP contribution in [0.1, 0.15) is 16.7 Å². The third-order valence-electron chi connectivity index (χ3n) is 3.27. The van der Waals surface area contributed by atoms with E-state index in [1.807, 2.05) is 19.1 Å². The van der Waals surface area contributed by atoms with Crippen LogP contribution < -0.4 is 4.74 Å². The quantitative estimate of drug-likeness (QED) is 0.727. The molecule has 0 N–H and O–H groups in total. The predicted octanol–water partition coefficient (Wildman–Crippen LogP) is 3.84. The summed E-state index contributed by atoms with van der Waals surface area (Å²) in [5, 5.41) is 11.6. The number of aryl methyl sites for hydroxylation is 1. The smallest absolute Gasteiger partial charge is 0.416 e. The maximum absolute atomic E-state index is 12.5. The Balaban J connectivity index is 1.66. The molecule has 3 rings (SSSR count). The molecule has 0 aliphatic heterocycles. The largest absolute Gasteiger partial charge is 0.422 e. The number of nitrogens with zero attached hydrogens (tertiary/aromatic N) is 4. The Labute approximate surface area is 135 Å². The number of hydrogen-bond donors (Lipinski definition) is 0. The number of rotatable bonds is 4. The zero-order chi connectivity index (χ0) is 17.2. The summed E-state index contributed by atoms with van der Waals surface area (Å²) < 4.78 is 43.0. The van der Waals surface area contributed by atoms with Crippen molar-refractivity contribution in [3.63, 3.8) is 0 Å². The maximum Gasteiger partial charge on any atom is 0.416 e. The molecule has 0 aliphatic carbocycles. The van der Waals surface area contributed by atoms with E-state index in [0.717, 1.165) is 17.7 Å². The van der Waals surface area contributed by atoms with Crippen LogP contribution in [0.4, 0.5) is 13.2 Å². The number of aromatic nitrogens is 4. The summed E-state index contributed by atoms with van der Waals surface area (Å²) in [5.74, 6) is 0.578. The first-order chi connectivity index (χ1) is 11.4. The van der Waals surface area contributed by atoms with Crippen molar-refractivity contribution in [1.29, 1.82) is 0 Å². The van der Waals surface area contributed by atoms with Gasteiger partial charge in [0.25, 0.3) is 0 Å². The van der Waals surface area contributed by atoms with Gasteiger partial charge < -0.3 is 4.74 Å². The lowest BCUT2D eigenvalue weighted by molar-refractivity contribution is -0.137. The van der Waals surface area contributed by atoms with Gasteiger partial charge in [-0.25, -0.2) is 0 Å². The Morgan fingerprint density at radius 1 is 1.00 bits per heavy atom. The lowest BCUT2D eigenvalue weighted by atomic mass is 10.1. The van der Waals surface area contributed by atoms with Gasteiger partial charge in [-0.15, -0.1) is 0 Å². The molecule has 0 unspecified atom stereocenters. The van der Waals surface area contributed by atoms with Crippen molar-refractivity contribution in [2.24, 2.45) is 0 Å². The van der Waals surface area contributed by atoms with Crippen molar-refractivity contribution in [3.05, 3.63) is 65.2 Å². The van der Waals surface area contributed by atoms with Gasteiger partial charge >= 0.3 is 12.2 Å². The van der Waals surface area contributed by atoms with E-state index in [2.05, 4.69) is 15.4 Å². The van der Waals surface area contributed by atoms with Gasteiger partial charge in [0.2, 0.25) is 0 Å². The molecular weight excluding hydrogens is 321 g/mol. The average Bonchev–Trinajstić information content (AvgIpc) is 2.96. The summed E-state index contributed by atoms with van der Waals surface area (Å²) in [5.41, 5.74) is 1.03. The average molecular weight is 334 g/mol. The van der Waals surface area contributed by atoms with Crippen LogP contribution in [-0.4, -0.2) is 20.2 Å². The molecule has 0 spiro atoms. The lowest BCUT2D eigenvalue weighted by Crippen LogP contribution is -2.07. The molecule has 0 radical (unpaired) electrons. The van der Waals surface area contributed by atoms with Crippen LogP contribution in [0.2, 0.25) is 0 Å². The van der Waals surface area contributed by atoms with Crippen LogP contribution in [0, 0.1) is 6.92 Å². The third kappa shape index (κ3) is 3.89. The molecule has 24 heavy (non-hydrogen) atoms. The Kier molecular flexibility index (Phi) is 4.20. The normalized spacial score (nSPS) is 11.5. The molecule has 0 aliphatic rings. The predicted molar refractivity (Wildman–Crippen MR) is 79.6 cm³/mol. The standard InChI is InChI=1S/C16H13F3N4O/c1-11-2-8-14(9-3-11)24-15-20-22-23(21-15)10-12-4-6-13(7-5-12)16(17,18)19/h2-9H,10H2,1H3. The Bertz CT molecular complexity index is 811. The van der Waals surface area contributed by atoms with Gasteiger partial charge in [0.05, 0.1) is 12.1 Å². The second kappa shape index (κ2) is 6.31. The van der Waals surface area contributed by atoms with Crippen molar-refractivity contribution in [2.45, 2.75) is 19.6 Å². The molecule has 0 saturated heterocycles. The number of halogens is 3. The molecule has 0 bridgehead atoms. The van der Waals surface area contributed by atoms with Crippen molar-refractivity contribution in [3.8, 4) is 11.8 Å². The van der Waals surface area contributed by atoms with E-state index in [9.17, 15) is 13.2 Å². The molecule has 2 aromatic carbocycles. The monoisotopic (exact) mass is 334 g/mol. The van der Waals surface area contributed by atoms with Crippen LogP contribution in [0.3, 0.4) is 0 Å². The molecule has 5 nitrogen and oxygen atoms in total. The number of alkyl halides is 3. The van der Waals surface area contributed by atoms with Crippen LogP contribution >= 0.6 is 0 Å². The fourth-order valence-electron chi connectivity index (χ4n) is 2.01.